The Labute approximate surface area is 142 Å². The van der Waals surface area contributed by atoms with Gasteiger partial charge in [0.15, 0.2) is 0 Å². The number of urea groups is 1. The quantitative estimate of drug-likeness (QED) is 0.784. The van der Waals surface area contributed by atoms with Crippen molar-refractivity contribution in [2.75, 3.05) is 18.5 Å². The number of carbonyl (C=O) groups is 2. The molecule has 1 aromatic rings. The third kappa shape index (κ3) is 5.85. The molecule has 2 unspecified atom stereocenters. The molecule has 1 heterocycles. The number of carbonyl (C=O) groups excluding carboxylic acids is 2. The van der Waals surface area contributed by atoms with Gasteiger partial charge in [-0.05, 0) is 37.3 Å². The number of hydrogen-bond acceptors (Lipinski definition) is 4. The van der Waals surface area contributed by atoms with Gasteiger partial charge >= 0.3 is 12.0 Å². The first-order chi connectivity index (χ1) is 11.6. The molecule has 2 N–H and O–H groups in total. The SMILES string of the molecule is CC(C)C(NC(=O)Nc1ccccc1)C(=O)OCC1CCCCO1. The maximum Gasteiger partial charge on any atom is 0.329 e. The van der Waals surface area contributed by atoms with E-state index in [9.17, 15) is 9.59 Å². The Morgan fingerprint density at radius 3 is 2.62 bits per heavy atom. The number of ether oxygens (including phenoxy) is 2. The minimum absolute atomic E-state index is 0.0337. The summed E-state index contributed by atoms with van der Waals surface area (Å²) in [6.45, 7) is 4.69. The van der Waals surface area contributed by atoms with Gasteiger partial charge in [-0.2, -0.15) is 0 Å². The van der Waals surface area contributed by atoms with Crippen molar-refractivity contribution < 1.29 is 19.1 Å². The summed E-state index contributed by atoms with van der Waals surface area (Å²) in [5.41, 5.74) is 0.668. The normalized spacial score (nSPS) is 18.7. The molecule has 132 valence electrons. The van der Waals surface area contributed by atoms with E-state index in [0.717, 1.165) is 19.3 Å². The van der Waals surface area contributed by atoms with Gasteiger partial charge in [-0.1, -0.05) is 32.0 Å². The van der Waals surface area contributed by atoms with E-state index in [0.29, 0.717) is 12.3 Å². The Balaban J connectivity index is 1.83. The van der Waals surface area contributed by atoms with Crippen LogP contribution in [0.1, 0.15) is 33.1 Å². The molecule has 0 bridgehead atoms. The Morgan fingerprint density at radius 2 is 2.00 bits per heavy atom. The summed E-state index contributed by atoms with van der Waals surface area (Å²) in [4.78, 5) is 24.4. The molecule has 0 spiro atoms. The number of nitrogens with one attached hydrogen (secondary N) is 2. The molecule has 1 aliphatic rings. The molecule has 0 saturated carbocycles. The van der Waals surface area contributed by atoms with Gasteiger partial charge in [-0.3, -0.25) is 0 Å². The van der Waals surface area contributed by atoms with E-state index in [4.69, 9.17) is 9.47 Å². The summed E-state index contributed by atoms with van der Waals surface area (Å²) in [6, 6.07) is 7.96. The Bertz CT molecular complexity index is 527. The van der Waals surface area contributed by atoms with E-state index in [2.05, 4.69) is 10.6 Å². The standard InChI is InChI=1S/C18H26N2O4/c1-13(2)16(17(21)24-12-15-10-6-7-11-23-15)20-18(22)19-14-8-4-3-5-9-14/h3-5,8-9,13,15-16H,6-7,10-12H2,1-2H3,(H2,19,20,22). The van der Waals surface area contributed by atoms with Crippen LogP contribution in [0.5, 0.6) is 0 Å². The van der Waals surface area contributed by atoms with E-state index in [1.165, 1.54) is 0 Å². The number of para-hydroxylation sites is 1. The topological polar surface area (TPSA) is 76.7 Å². The summed E-state index contributed by atoms with van der Waals surface area (Å²) in [5.74, 6) is -0.506. The molecular formula is C18H26N2O4. The summed E-state index contributed by atoms with van der Waals surface area (Å²) in [7, 11) is 0. The van der Waals surface area contributed by atoms with Crippen LogP contribution in [-0.2, 0) is 14.3 Å². The zero-order valence-corrected chi connectivity index (χ0v) is 14.3. The Kier molecular flexibility index (Phi) is 7.06. The number of rotatable bonds is 6. The number of hydrogen-bond donors (Lipinski definition) is 2. The number of esters is 1. The second-order valence-corrected chi connectivity index (χ2v) is 6.30. The van der Waals surface area contributed by atoms with Gasteiger partial charge in [0.1, 0.15) is 12.6 Å². The van der Waals surface area contributed by atoms with Crippen LogP contribution in [0.2, 0.25) is 0 Å². The van der Waals surface area contributed by atoms with Crippen molar-refractivity contribution in [3.05, 3.63) is 30.3 Å². The molecule has 6 nitrogen and oxygen atoms in total. The highest BCUT2D eigenvalue weighted by Crippen LogP contribution is 2.14. The van der Waals surface area contributed by atoms with Crippen LogP contribution >= 0.6 is 0 Å². The number of benzene rings is 1. The first kappa shape index (κ1) is 18.3. The molecule has 1 aromatic carbocycles. The summed E-state index contributed by atoms with van der Waals surface area (Å²) in [5, 5.41) is 5.39. The van der Waals surface area contributed by atoms with Crippen LogP contribution < -0.4 is 10.6 Å². The highest BCUT2D eigenvalue weighted by Gasteiger charge is 2.27. The Morgan fingerprint density at radius 1 is 1.25 bits per heavy atom. The lowest BCUT2D eigenvalue weighted by Gasteiger charge is -2.25. The molecule has 24 heavy (non-hydrogen) atoms. The average Bonchev–Trinajstić information content (AvgIpc) is 2.59. The third-order valence-corrected chi connectivity index (χ3v) is 3.92. The van der Waals surface area contributed by atoms with Crippen LogP contribution in [0.25, 0.3) is 0 Å². The van der Waals surface area contributed by atoms with Gasteiger partial charge in [-0.25, -0.2) is 9.59 Å². The maximum atomic E-state index is 12.3. The van der Waals surface area contributed by atoms with Gasteiger partial charge < -0.3 is 20.1 Å². The second-order valence-electron chi connectivity index (χ2n) is 6.30. The predicted octanol–water partition coefficient (Wildman–Crippen LogP) is 2.95. The molecule has 1 aliphatic heterocycles. The zero-order valence-electron chi connectivity index (χ0n) is 14.3. The summed E-state index contributed by atoms with van der Waals surface area (Å²) in [6.07, 6.45) is 3.02. The molecule has 1 fully saturated rings. The van der Waals surface area contributed by atoms with Crippen molar-refractivity contribution in [2.24, 2.45) is 5.92 Å². The molecule has 0 aromatic heterocycles. The number of amides is 2. The molecule has 2 rings (SSSR count). The van der Waals surface area contributed by atoms with Crippen LogP contribution in [0.3, 0.4) is 0 Å². The highest BCUT2D eigenvalue weighted by atomic mass is 16.6. The molecule has 0 radical (unpaired) electrons. The lowest BCUT2D eigenvalue weighted by Crippen LogP contribution is -2.47. The molecule has 0 aliphatic carbocycles. The van der Waals surface area contributed by atoms with Crippen molar-refractivity contribution in [1.29, 1.82) is 0 Å². The highest BCUT2D eigenvalue weighted by molar-refractivity contribution is 5.92. The smallest absolute Gasteiger partial charge is 0.329 e. The Hall–Kier alpha value is -2.08. The first-order valence-electron chi connectivity index (χ1n) is 8.47. The fourth-order valence-electron chi connectivity index (χ4n) is 2.53. The van der Waals surface area contributed by atoms with E-state index in [1.807, 2.05) is 32.0 Å². The van der Waals surface area contributed by atoms with Crippen molar-refractivity contribution in [1.82, 2.24) is 5.32 Å². The van der Waals surface area contributed by atoms with Gasteiger partial charge in [0.05, 0.1) is 6.10 Å². The number of anilines is 1. The summed E-state index contributed by atoms with van der Waals surface area (Å²) >= 11 is 0. The van der Waals surface area contributed by atoms with Crippen molar-refractivity contribution >= 4 is 17.7 Å². The van der Waals surface area contributed by atoms with E-state index < -0.39 is 18.0 Å². The van der Waals surface area contributed by atoms with Gasteiger partial charge in [-0.15, -0.1) is 0 Å². The molecule has 6 heteroatoms. The van der Waals surface area contributed by atoms with Crippen molar-refractivity contribution in [3.8, 4) is 0 Å². The van der Waals surface area contributed by atoms with Gasteiger partial charge in [0.25, 0.3) is 0 Å². The largest absolute Gasteiger partial charge is 0.461 e. The lowest BCUT2D eigenvalue weighted by molar-refractivity contribution is -0.152. The molecule has 2 amide bonds. The lowest BCUT2D eigenvalue weighted by atomic mass is 10.0. The van der Waals surface area contributed by atoms with Crippen molar-refractivity contribution in [3.63, 3.8) is 0 Å². The third-order valence-electron chi connectivity index (χ3n) is 3.92. The van der Waals surface area contributed by atoms with Crippen molar-refractivity contribution in [2.45, 2.75) is 45.3 Å². The van der Waals surface area contributed by atoms with Crippen LogP contribution in [-0.4, -0.2) is 37.4 Å². The first-order valence-corrected chi connectivity index (χ1v) is 8.47. The monoisotopic (exact) mass is 334 g/mol. The van der Waals surface area contributed by atoms with E-state index in [-0.39, 0.29) is 18.6 Å². The van der Waals surface area contributed by atoms with E-state index >= 15 is 0 Å². The fraction of sp³-hybridized carbons (Fsp3) is 0.556. The van der Waals surface area contributed by atoms with Gasteiger partial charge in [0, 0.05) is 12.3 Å². The van der Waals surface area contributed by atoms with Gasteiger partial charge in [0.2, 0.25) is 0 Å². The minimum Gasteiger partial charge on any atom is -0.461 e. The maximum absolute atomic E-state index is 12.3. The molecule has 1 saturated heterocycles. The molecular weight excluding hydrogens is 308 g/mol. The van der Waals surface area contributed by atoms with Crippen LogP contribution in [0.15, 0.2) is 30.3 Å². The average molecular weight is 334 g/mol. The minimum atomic E-state index is -0.697. The fourth-order valence-corrected chi connectivity index (χ4v) is 2.53. The van der Waals surface area contributed by atoms with E-state index in [1.54, 1.807) is 12.1 Å². The van der Waals surface area contributed by atoms with Crippen LogP contribution in [0, 0.1) is 5.92 Å². The predicted molar refractivity (Wildman–Crippen MR) is 91.8 cm³/mol. The van der Waals surface area contributed by atoms with Crippen LogP contribution in [0.4, 0.5) is 10.5 Å². The summed E-state index contributed by atoms with van der Waals surface area (Å²) < 4.78 is 10.9. The second kappa shape index (κ2) is 9.27. The zero-order chi connectivity index (χ0) is 17.4. The molecule has 2 atom stereocenters.